The van der Waals surface area contributed by atoms with Gasteiger partial charge in [-0.2, -0.15) is 0 Å². The number of fused-ring (bicyclic) bond motifs is 6. The molecule has 0 aliphatic carbocycles. The first-order valence-electron chi connectivity index (χ1n) is 24.4. The standard InChI is InChI=1S/C67H48N4/c1-43-36-44(2)65(45(3)37-43)50-32-35-63-58(38-50)55-34-33-52(70-61-30-18-16-28-53(61)54-29-17-19-31-62(54)70)41-64(55)71(63)66-56(46-20-8-4-9-21-46)39-51(40-57(66)47-22-10-5-11-23-47)60-42-59(48-24-12-6-13-25-48)68-67(69-60)49-26-14-7-15-27-49/h4-42H,1-3H3. The number of benzene rings is 10. The van der Waals surface area contributed by atoms with Crippen molar-refractivity contribution in [3.63, 3.8) is 0 Å². The van der Waals surface area contributed by atoms with E-state index in [4.69, 9.17) is 9.97 Å². The second-order valence-electron chi connectivity index (χ2n) is 18.8. The van der Waals surface area contributed by atoms with Crippen LogP contribution in [0.1, 0.15) is 16.7 Å². The van der Waals surface area contributed by atoms with Crippen LogP contribution in [0.3, 0.4) is 0 Å². The summed E-state index contributed by atoms with van der Waals surface area (Å²) in [5, 5.41) is 4.86. The van der Waals surface area contributed by atoms with Crippen LogP contribution >= 0.6 is 0 Å². The van der Waals surface area contributed by atoms with E-state index in [9.17, 15) is 0 Å². The fourth-order valence-corrected chi connectivity index (χ4v) is 11.1. The van der Waals surface area contributed by atoms with Crippen molar-refractivity contribution in [2.75, 3.05) is 0 Å². The van der Waals surface area contributed by atoms with Crippen molar-refractivity contribution in [2.24, 2.45) is 0 Å². The summed E-state index contributed by atoms with van der Waals surface area (Å²) in [6.45, 7) is 6.66. The Hall–Kier alpha value is -9.12. The first-order chi connectivity index (χ1) is 34.9. The number of hydrogen-bond donors (Lipinski definition) is 0. The summed E-state index contributed by atoms with van der Waals surface area (Å²) < 4.78 is 4.97. The van der Waals surface area contributed by atoms with Crippen molar-refractivity contribution in [1.82, 2.24) is 19.1 Å². The van der Waals surface area contributed by atoms with Crippen LogP contribution in [0.4, 0.5) is 0 Å². The lowest BCUT2D eigenvalue weighted by Gasteiger charge is -2.22. The zero-order chi connectivity index (χ0) is 47.6. The summed E-state index contributed by atoms with van der Waals surface area (Å²) in [6.07, 6.45) is 0. The molecule has 0 aliphatic rings. The number of para-hydroxylation sites is 2. The zero-order valence-corrected chi connectivity index (χ0v) is 39.8. The third-order valence-electron chi connectivity index (χ3n) is 14.2. The van der Waals surface area contributed by atoms with Gasteiger partial charge in [-0.3, -0.25) is 0 Å². The molecule has 0 atom stereocenters. The molecule has 13 aromatic rings. The molecule has 0 spiro atoms. The summed E-state index contributed by atoms with van der Waals surface area (Å²) in [6, 6.07) is 85.6. The van der Waals surface area contributed by atoms with Gasteiger partial charge in [-0.1, -0.05) is 188 Å². The van der Waals surface area contributed by atoms with Gasteiger partial charge < -0.3 is 9.13 Å². The maximum absolute atomic E-state index is 5.39. The minimum absolute atomic E-state index is 0.684. The van der Waals surface area contributed by atoms with Crippen LogP contribution in [0.15, 0.2) is 237 Å². The summed E-state index contributed by atoms with van der Waals surface area (Å²) in [5.41, 5.74) is 22.3. The molecule has 0 radical (unpaired) electrons. The average Bonchev–Trinajstić information content (AvgIpc) is 3.93. The molecule has 71 heavy (non-hydrogen) atoms. The van der Waals surface area contributed by atoms with Crippen LogP contribution in [0.2, 0.25) is 0 Å². The average molecular weight is 909 g/mol. The lowest BCUT2D eigenvalue weighted by molar-refractivity contribution is 1.15. The Morgan fingerprint density at radius 2 is 0.789 bits per heavy atom. The van der Waals surface area contributed by atoms with Gasteiger partial charge in [0.05, 0.1) is 39.1 Å². The Balaban J connectivity index is 1.15. The van der Waals surface area contributed by atoms with Gasteiger partial charge in [0.25, 0.3) is 0 Å². The molecule has 13 rings (SSSR count). The van der Waals surface area contributed by atoms with Gasteiger partial charge in [-0.05, 0) is 109 Å². The Labute approximate surface area is 413 Å². The molecule has 0 unspecified atom stereocenters. The Morgan fingerprint density at radius 3 is 1.37 bits per heavy atom. The van der Waals surface area contributed by atoms with Gasteiger partial charge in [0, 0.05) is 55.0 Å². The van der Waals surface area contributed by atoms with Gasteiger partial charge in [0.15, 0.2) is 5.82 Å². The van der Waals surface area contributed by atoms with Crippen molar-refractivity contribution < 1.29 is 0 Å². The summed E-state index contributed by atoms with van der Waals surface area (Å²) in [5.74, 6) is 0.684. The quantitative estimate of drug-likeness (QED) is 0.152. The molecule has 0 N–H and O–H groups in total. The van der Waals surface area contributed by atoms with E-state index in [1.807, 2.05) is 24.3 Å². The molecule has 0 saturated heterocycles. The maximum atomic E-state index is 5.39. The number of nitrogens with zero attached hydrogens (tertiary/aromatic N) is 4. The SMILES string of the molecule is Cc1cc(C)c(-c2ccc3c(c2)c2ccc(-n4c5ccccc5c5ccccc54)cc2n3-c2c(-c3ccccc3)cc(-c3cc(-c4ccccc4)nc(-c4ccccc4)n3)cc2-c2ccccc2)c(C)c1. The Morgan fingerprint density at radius 1 is 0.310 bits per heavy atom. The highest BCUT2D eigenvalue weighted by Gasteiger charge is 2.24. The summed E-state index contributed by atoms with van der Waals surface area (Å²) in [7, 11) is 0. The monoisotopic (exact) mass is 908 g/mol. The largest absolute Gasteiger partial charge is 0.309 e. The van der Waals surface area contributed by atoms with Crippen LogP contribution in [0, 0.1) is 20.8 Å². The lowest BCUT2D eigenvalue weighted by atomic mass is 9.91. The van der Waals surface area contributed by atoms with Crippen LogP contribution in [0.25, 0.3) is 122 Å². The third kappa shape index (κ3) is 7.23. The molecule has 336 valence electrons. The number of aryl methyl sites for hydroxylation is 3. The fourth-order valence-electron chi connectivity index (χ4n) is 11.1. The predicted molar refractivity (Wildman–Crippen MR) is 298 cm³/mol. The molecule has 10 aromatic carbocycles. The van der Waals surface area contributed by atoms with Crippen molar-refractivity contribution in [1.29, 1.82) is 0 Å². The second kappa shape index (κ2) is 17.1. The van der Waals surface area contributed by atoms with Crippen molar-refractivity contribution >= 4 is 43.6 Å². The zero-order valence-electron chi connectivity index (χ0n) is 39.8. The fraction of sp³-hybridized carbons (Fsp3) is 0.0448. The molecule has 0 fully saturated rings. The number of hydrogen-bond acceptors (Lipinski definition) is 2. The molecular weight excluding hydrogens is 861 g/mol. The number of aromatic nitrogens is 4. The minimum Gasteiger partial charge on any atom is -0.309 e. The molecule has 4 heteroatoms. The first-order valence-corrected chi connectivity index (χ1v) is 24.4. The van der Waals surface area contributed by atoms with Gasteiger partial charge in [0.1, 0.15) is 0 Å². The van der Waals surface area contributed by atoms with Gasteiger partial charge in [-0.25, -0.2) is 9.97 Å². The minimum atomic E-state index is 0.684. The molecule has 0 aliphatic heterocycles. The number of rotatable bonds is 8. The topological polar surface area (TPSA) is 35.6 Å². The second-order valence-corrected chi connectivity index (χ2v) is 18.8. The highest BCUT2D eigenvalue weighted by Crippen LogP contribution is 2.46. The highest BCUT2D eigenvalue weighted by atomic mass is 15.0. The summed E-state index contributed by atoms with van der Waals surface area (Å²) >= 11 is 0. The molecule has 4 nitrogen and oxygen atoms in total. The lowest BCUT2D eigenvalue weighted by Crippen LogP contribution is -2.03. The maximum Gasteiger partial charge on any atom is 0.160 e. The van der Waals surface area contributed by atoms with E-state index < -0.39 is 0 Å². The van der Waals surface area contributed by atoms with Crippen LogP contribution < -0.4 is 0 Å². The van der Waals surface area contributed by atoms with Crippen LogP contribution in [-0.4, -0.2) is 19.1 Å². The molecule has 0 bridgehead atoms. The van der Waals surface area contributed by atoms with Crippen molar-refractivity contribution in [3.05, 3.63) is 253 Å². The van der Waals surface area contributed by atoms with Crippen molar-refractivity contribution in [3.8, 4) is 78.7 Å². The van der Waals surface area contributed by atoms with E-state index in [1.165, 1.54) is 60.4 Å². The predicted octanol–water partition coefficient (Wildman–Crippen LogP) is 17.6. The smallest absolute Gasteiger partial charge is 0.160 e. The van der Waals surface area contributed by atoms with Crippen LogP contribution in [-0.2, 0) is 0 Å². The third-order valence-corrected chi connectivity index (χ3v) is 14.2. The first kappa shape index (κ1) is 42.0. The van der Waals surface area contributed by atoms with Gasteiger partial charge in [0.2, 0.25) is 0 Å². The normalized spacial score (nSPS) is 11.6. The van der Waals surface area contributed by atoms with E-state index in [0.717, 1.165) is 72.7 Å². The molecule has 0 amide bonds. The Kier molecular flexibility index (Phi) is 10.1. The summed E-state index contributed by atoms with van der Waals surface area (Å²) in [4.78, 5) is 10.6. The van der Waals surface area contributed by atoms with Crippen LogP contribution in [0.5, 0.6) is 0 Å². The highest BCUT2D eigenvalue weighted by molar-refractivity contribution is 6.14. The van der Waals surface area contributed by atoms with Gasteiger partial charge >= 0.3 is 0 Å². The van der Waals surface area contributed by atoms with Crippen molar-refractivity contribution in [2.45, 2.75) is 20.8 Å². The van der Waals surface area contributed by atoms with E-state index >= 15 is 0 Å². The van der Waals surface area contributed by atoms with E-state index in [1.54, 1.807) is 0 Å². The van der Waals surface area contributed by atoms with E-state index in [0.29, 0.717) is 5.82 Å². The molecule has 0 saturated carbocycles. The van der Waals surface area contributed by atoms with E-state index in [-0.39, 0.29) is 0 Å². The molecule has 3 aromatic heterocycles. The molecular formula is C67H48N4. The molecule has 3 heterocycles. The Bertz CT molecular complexity index is 3970. The van der Waals surface area contributed by atoms with E-state index in [2.05, 4.69) is 242 Å². The van der Waals surface area contributed by atoms with Gasteiger partial charge in [-0.15, -0.1) is 0 Å².